The van der Waals surface area contributed by atoms with Crippen LogP contribution in [-0.4, -0.2) is 56.6 Å². The second kappa shape index (κ2) is 8.42. The molecule has 0 aromatic rings. The van der Waals surface area contributed by atoms with Crippen molar-refractivity contribution in [3.05, 3.63) is 0 Å². The van der Waals surface area contributed by atoms with Gasteiger partial charge in [-0.2, -0.15) is 0 Å². The maximum absolute atomic E-state index is 11.1. The minimum atomic E-state index is -0.621. The second-order valence-corrected chi connectivity index (χ2v) is 5.13. The van der Waals surface area contributed by atoms with Crippen molar-refractivity contribution >= 4 is 5.91 Å². The van der Waals surface area contributed by atoms with Crippen LogP contribution in [0.15, 0.2) is 0 Å². The van der Waals surface area contributed by atoms with E-state index in [1.54, 1.807) is 21.0 Å². The first-order valence-corrected chi connectivity index (χ1v) is 6.09. The van der Waals surface area contributed by atoms with E-state index in [4.69, 9.17) is 15.2 Å². The number of nitrogens with one attached hydrogen (secondary N) is 1. The smallest absolute Gasteiger partial charge is 0.224 e. The highest BCUT2D eigenvalue weighted by Gasteiger charge is 2.24. The second-order valence-electron chi connectivity index (χ2n) is 5.13. The lowest BCUT2D eigenvalue weighted by molar-refractivity contribution is -0.125. The first kappa shape index (κ1) is 17.3. The largest absolute Gasteiger partial charge is 0.389 e. The van der Waals surface area contributed by atoms with Gasteiger partial charge in [-0.05, 0) is 20.8 Å². The van der Waals surface area contributed by atoms with Crippen molar-refractivity contribution in [2.75, 3.05) is 33.4 Å². The summed E-state index contributed by atoms with van der Waals surface area (Å²) in [4.78, 5) is 11.1. The van der Waals surface area contributed by atoms with E-state index in [0.29, 0.717) is 19.7 Å². The molecule has 0 bridgehead atoms. The summed E-state index contributed by atoms with van der Waals surface area (Å²) in [6.45, 7) is 6.89. The van der Waals surface area contributed by atoms with Gasteiger partial charge < -0.3 is 25.6 Å². The fourth-order valence-corrected chi connectivity index (χ4v) is 1.26. The van der Waals surface area contributed by atoms with Gasteiger partial charge in [0.1, 0.15) is 0 Å². The molecule has 0 fully saturated rings. The highest BCUT2D eigenvalue weighted by Crippen LogP contribution is 2.11. The van der Waals surface area contributed by atoms with Gasteiger partial charge in [-0.25, -0.2) is 0 Å². The Hall–Kier alpha value is -0.690. The van der Waals surface area contributed by atoms with Crippen LogP contribution in [0.25, 0.3) is 0 Å². The Morgan fingerprint density at radius 3 is 2.56 bits per heavy atom. The third kappa shape index (κ3) is 7.60. The molecule has 2 atom stereocenters. The standard InChI is InChI=1S/C12H26N2O4/c1-9(6-17-4)18-7-10(15)5-14-8-12(2,3)11(13)16/h9-10,14-15H,5-8H2,1-4H3,(H2,13,16). The molecule has 0 aliphatic heterocycles. The zero-order chi connectivity index (χ0) is 14.2. The van der Waals surface area contributed by atoms with Gasteiger partial charge in [-0.15, -0.1) is 0 Å². The molecule has 6 nitrogen and oxygen atoms in total. The third-order valence-electron chi connectivity index (χ3n) is 2.59. The molecule has 4 N–H and O–H groups in total. The molecule has 0 aromatic heterocycles. The van der Waals surface area contributed by atoms with Crippen LogP contribution in [0.5, 0.6) is 0 Å². The van der Waals surface area contributed by atoms with E-state index >= 15 is 0 Å². The van der Waals surface area contributed by atoms with E-state index in [1.807, 2.05) is 6.92 Å². The normalized spacial score (nSPS) is 15.4. The average molecular weight is 262 g/mol. The minimum Gasteiger partial charge on any atom is -0.389 e. The predicted molar refractivity (Wildman–Crippen MR) is 69.1 cm³/mol. The van der Waals surface area contributed by atoms with Gasteiger partial charge in [-0.1, -0.05) is 0 Å². The van der Waals surface area contributed by atoms with Gasteiger partial charge >= 0.3 is 0 Å². The minimum absolute atomic E-state index is 0.0493. The number of nitrogens with two attached hydrogens (primary N) is 1. The van der Waals surface area contributed by atoms with Crippen LogP contribution in [0, 0.1) is 5.41 Å². The maximum atomic E-state index is 11.1. The molecule has 0 saturated carbocycles. The first-order chi connectivity index (χ1) is 8.29. The number of aliphatic hydroxyl groups excluding tert-OH is 1. The van der Waals surface area contributed by atoms with Gasteiger partial charge in [0.15, 0.2) is 0 Å². The Bertz CT molecular complexity index is 246. The molecule has 6 heteroatoms. The number of carbonyl (C=O) groups is 1. The monoisotopic (exact) mass is 262 g/mol. The van der Waals surface area contributed by atoms with Crippen LogP contribution in [-0.2, 0) is 14.3 Å². The number of ether oxygens (including phenoxy) is 2. The molecule has 0 aliphatic carbocycles. The number of amides is 1. The lowest BCUT2D eigenvalue weighted by atomic mass is 9.93. The Labute approximate surface area is 109 Å². The van der Waals surface area contributed by atoms with Gasteiger partial charge in [-0.3, -0.25) is 4.79 Å². The fourth-order valence-electron chi connectivity index (χ4n) is 1.26. The zero-order valence-corrected chi connectivity index (χ0v) is 11.7. The van der Waals surface area contributed by atoms with Gasteiger partial charge in [0, 0.05) is 20.2 Å². The van der Waals surface area contributed by atoms with Crippen LogP contribution >= 0.6 is 0 Å². The quantitative estimate of drug-likeness (QED) is 0.493. The molecule has 0 saturated heterocycles. The summed E-state index contributed by atoms with van der Waals surface area (Å²) in [6, 6.07) is 0. The third-order valence-corrected chi connectivity index (χ3v) is 2.59. The van der Waals surface area contributed by atoms with Gasteiger partial charge in [0.2, 0.25) is 5.91 Å². The maximum Gasteiger partial charge on any atom is 0.224 e. The molecular weight excluding hydrogens is 236 g/mol. The molecule has 0 rings (SSSR count). The fraction of sp³-hybridized carbons (Fsp3) is 0.917. The van der Waals surface area contributed by atoms with Crippen molar-refractivity contribution in [1.29, 1.82) is 0 Å². The Balaban J connectivity index is 3.71. The lowest BCUT2D eigenvalue weighted by Crippen LogP contribution is -2.43. The number of aliphatic hydroxyl groups is 1. The van der Waals surface area contributed by atoms with Crippen LogP contribution < -0.4 is 11.1 Å². The van der Waals surface area contributed by atoms with Crippen molar-refractivity contribution < 1.29 is 19.4 Å². The number of hydrogen-bond donors (Lipinski definition) is 3. The molecule has 108 valence electrons. The molecule has 0 radical (unpaired) electrons. The van der Waals surface area contributed by atoms with E-state index in [9.17, 15) is 9.90 Å². The topological polar surface area (TPSA) is 93.8 Å². The Kier molecular flexibility index (Phi) is 8.10. The molecule has 0 heterocycles. The van der Waals surface area contributed by atoms with Gasteiger partial charge in [0.25, 0.3) is 0 Å². The Morgan fingerprint density at radius 2 is 2.06 bits per heavy atom. The van der Waals surface area contributed by atoms with Crippen LogP contribution in [0.1, 0.15) is 20.8 Å². The zero-order valence-electron chi connectivity index (χ0n) is 11.7. The Morgan fingerprint density at radius 1 is 1.44 bits per heavy atom. The van der Waals surface area contributed by atoms with E-state index in [-0.39, 0.29) is 18.6 Å². The summed E-state index contributed by atoms with van der Waals surface area (Å²) in [7, 11) is 1.60. The molecular formula is C12H26N2O4. The number of carbonyl (C=O) groups excluding carboxylic acids is 1. The van der Waals surface area contributed by atoms with Crippen LogP contribution in [0.3, 0.4) is 0 Å². The summed E-state index contributed by atoms with van der Waals surface area (Å²) < 4.78 is 10.3. The molecule has 18 heavy (non-hydrogen) atoms. The van der Waals surface area contributed by atoms with Gasteiger partial charge in [0.05, 0.1) is 30.8 Å². The highest BCUT2D eigenvalue weighted by molar-refractivity contribution is 5.80. The van der Waals surface area contributed by atoms with Crippen molar-refractivity contribution in [3.63, 3.8) is 0 Å². The van der Waals surface area contributed by atoms with E-state index in [0.717, 1.165) is 0 Å². The summed E-state index contributed by atoms with van der Waals surface area (Å²) in [6.07, 6.45) is -0.667. The molecule has 0 aliphatic rings. The van der Waals surface area contributed by atoms with E-state index in [1.165, 1.54) is 0 Å². The molecule has 1 amide bonds. The van der Waals surface area contributed by atoms with Crippen molar-refractivity contribution in [2.24, 2.45) is 11.1 Å². The summed E-state index contributed by atoms with van der Waals surface area (Å²) >= 11 is 0. The molecule has 0 aromatic carbocycles. The summed E-state index contributed by atoms with van der Waals surface area (Å²) in [5.74, 6) is -0.366. The number of rotatable bonds is 10. The van der Waals surface area contributed by atoms with Crippen molar-refractivity contribution in [1.82, 2.24) is 5.32 Å². The summed E-state index contributed by atoms with van der Waals surface area (Å²) in [5, 5.41) is 12.7. The van der Waals surface area contributed by atoms with Crippen molar-refractivity contribution in [3.8, 4) is 0 Å². The van der Waals surface area contributed by atoms with E-state index < -0.39 is 11.5 Å². The van der Waals surface area contributed by atoms with Crippen LogP contribution in [0.4, 0.5) is 0 Å². The molecule has 0 spiro atoms. The van der Waals surface area contributed by atoms with Crippen LogP contribution in [0.2, 0.25) is 0 Å². The summed E-state index contributed by atoms with van der Waals surface area (Å²) in [5.41, 5.74) is 4.62. The predicted octanol–water partition coefficient (Wildman–Crippen LogP) is -0.500. The lowest BCUT2D eigenvalue weighted by Gasteiger charge is -2.22. The van der Waals surface area contributed by atoms with Crippen molar-refractivity contribution in [2.45, 2.75) is 33.0 Å². The first-order valence-electron chi connectivity index (χ1n) is 6.09. The average Bonchev–Trinajstić information content (AvgIpc) is 2.26. The molecule has 2 unspecified atom stereocenters. The SMILES string of the molecule is COCC(C)OCC(O)CNCC(C)(C)C(N)=O. The highest BCUT2D eigenvalue weighted by atomic mass is 16.5. The van der Waals surface area contributed by atoms with E-state index in [2.05, 4.69) is 5.32 Å². The number of primary amides is 1. The number of hydrogen-bond acceptors (Lipinski definition) is 5. The number of methoxy groups -OCH3 is 1.